The lowest BCUT2D eigenvalue weighted by atomic mass is 9.96. The third-order valence-corrected chi connectivity index (χ3v) is 7.85. The molecule has 0 aliphatic carbocycles. The number of anilines is 1. The van der Waals surface area contributed by atoms with E-state index in [4.69, 9.17) is 21.7 Å². The fourth-order valence-corrected chi connectivity index (χ4v) is 5.91. The first-order valence-electron chi connectivity index (χ1n) is 13.6. The molecule has 1 saturated heterocycles. The molecule has 0 radical (unpaired) electrons. The quantitative estimate of drug-likeness (QED) is 0.203. The number of ether oxygens (including phenoxy) is 2. The van der Waals surface area contributed by atoms with Gasteiger partial charge in [0.2, 0.25) is 5.91 Å². The Labute approximate surface area is 250 Å². The fourth-order valence-electron chi connectivity index (χ4n) is 5.58. The summed E-state index contributed by atoms with van der Waals surface area (Å²) in [6, 6.07) is 22.1. The molecule has 0 saturated carbocycles. The second kappa shape index (κ2) is 12.4. The molecular formula is C32H33N5O4S. The number of aryl methyl sites for hydroxylation is 1. The SMILES string of the molecule is COC(=O)c1ccccc1-n1c(C)cc([C@@H]2[C@@H](c3ccccn3)NC(=S)N2CCC(=O)Nc2ccccc2OC)c1C. The zero-order valence-corrected chi connectivity index (χ0v) is 24.8. The van der Waals surface area contributed by atoms with Gasteiger partial charge in [-0.2, -0.15) is 0 Å². The van der Waals surface area contributed by atoms with Gasteiger partial charge in [-0.25, -0.2) is 4.79 Å². The number of nitrogens with zero attached hydrogens (tertiary/aromatic N) is 3. The first-order chi connectivity index (χ1) is 20.3. The van der Waals surface area contributed by atoms with E-state index in [0.717, 1.165) is 28.3 Å². The monoisotopic (exact) mass is 583 g/mol. The van der Waals surface area contributed by atoms with Crippen LogP contribution in [0.5, 0.6) is 5.75 Å². The Hall–Kier alpha value is -4.70. The maximum atomic E-state index is 13.1. The molecule has 10 heteroatoms. The van der Waals surface area contributed by atoms with Crippen molar-refractivity contribution in [1.29, 1.82) is 0 Å². The third kappa shape index (κ3) is 5.58. The maximum Gasteiger partial charge on any atom is 0.339 e. The molecule has 0 spiro atoms. The van der Waals surface area contributed by atoms with Crippen LogP contribution in [0.2, 0.25) is 0 Å². The van der Waals surface area contributed by atoms with E-state index in [0.29, 0.717) is 28.7 Å². The first kappa shape index (κ1) is 28.8. The minimum absolute atomic E-state index is 0.153. The molecule has 1 aliphatic heterocycles. The van der Waals surface area contributed by atoms with Crippen LogP contribution >= 0.6 is 12.2 Å². The number of carbonyl (C=O) groups excluding carboxylic acids is 2. The highest BCUT2D eigenvalue weighted by Crippen LogP contribution is 2.41. The van der Waals surface area contributed by atoms with Crippen molar-refractivity contribution in [2.45, 2.75) is 32.4 Å². The van der Waals surface area contributed by atoms with Crippen LogP contribution in [0.15, 0.2) is 79.0 Å². The van der Waals surface area contributed by atoms with E-state index < -0.39 is 5.97 Å². The Morgan fingerprint density at radius 1 is 1.02 bits per heavy atom. The summed E-state index contributed by atoms with van der Waals surface area (Å²) in [6.07, 6.45) is 1.96. The van der Waals surface area contributed by atoms with E-state index in [2.05, 4.69) is 31.2 Å². The van der Waals surface area contributed by atoms with Gasteiger partial charge in [0.1, 0.15) is 5.75 Å². The summed E-state index contributed by atoms with van der Waals surface area (Å²) in [5.41, 5.74) is 5.57. The van der Waals surface area contributed by atoms with Crippen molar-refractivity contribution in [3.63, 3.8) is 0 Å². The average molecular weight is 584 g/mol. The molecule has 2 N–H and O–H groups in total. The molecule has 5 rings (SSSR count). The molecule has 0 unspecified atom stereocenters. The van der Waals surface area contributed by atoms with Crippen LogP contribution in [-0.4, -0.2) is 52.2 Å². The first-order valence-corrected chi connectivity index (χ1v) is 14.0. The van der Waals surface area contributed by atoms with Crippen LogP contribution in [0.25, 0.3) is 5.69 Å². The molecular weight excluding hydrogens is 550 g/mol. The number of hydrogen-bond donors (Lipinski definition) is 2. The van der Waals surface area contributed by atoms with Crippen molar-refractivity contribution >= 4 is 34.9 Å². The van der Waals surface area contributed by atoms with Gasteiger partial charge in [-0.3, -0.25) is 9.78 Å². The van der Waals surface area contributed by atoms with Gasteiger partial charge in [-0.15, -0.1) is 0 Å². The second-order valence-corrected chi connectivity index (χ2v) is 10.4. The van der Waals surface area contributed by atoms with Crippen LogP contribution < -0.4 is 15.4 Å². The summed E-state index contributed by atoms with van der Waals surface area (Å²) in [5.74, 6) is 0.0363. The van der Waals surface area contributed by atoms with E-state index in [1.807, 2.05) is 62.4 Å². The van der Waals surface area contributed by atoms with Crippen LogP contribution in [0, 0.1) is 13.8 Å². The number of benzene rings is 2. The Morgan fingerprint density at radius 2 is 1.76 bits per heavy atom. The number of aromatic nitrogens is 2. The van der Waals surface area contributed by atoms with Gasteiger partial charge in [0.05, 0.1) is 48.9 Å². The summed E-state index contributed by atoms with van der Waals surface area (Å²) in [7, 11) is 2.95. The summed E-state index contributed by atoms with van der Waals surface area (Å²) >= 11 is 5.83. The van der Waals surface area contributed by atoms with Crippen molar-refractivity contribution in [3.8, 4) is 11.4 Å². The van der Waals surface area contributed by atoms with Crippen molar-refractivity contribution in [2.75, 3.05) is 26.1 Å². The van der Waals surface area contributed by atoms with Gasteiger partial charge in [0, 0.05) is 30.6 Å². The standard InChI is InChI=1S/C32H33N5O4S/c1-20-19-23(21(2)37(20)26-14-7-5-11-22(26)31(39)41-4)30-29(25-13-9-10-17-33-25)35-32(42)36(30)18-16-28(38)34-24-12-6-8-15-27(24)40-3/h5-15,17,19,29-30H,16,18H2,1-4H3,(H,34,38)(H,35,42)/t29-,30-/m1/s1. The van der Waals surface area contributed by atoms with Gasteiger partial charge in [0.25, 0.3) is 0 Å². The maximum absolute atomic E-state index is 13.1. The zero-order valence-electron chi connectivity index (χ0n) is 24.0. The Bertz CT molecular complexity index is 1620. The number of methoxy groups -OCH3 is 2. The fraction of sp³-hybridized carbons (Fsp3) is 0.250. The molecule has 2 atom stereocenters. The van der Waals surface area contributed by atoms with E-state index >= 15 is 0 Å². The molecule has 1 aliphatic rings. The lowest BCUT2D eigenvalue weighted by Crippen LogP contribution is -2.33. The topological polar surface area (TPSA) is 97.7 Å². The Morgan fingerprint density at radius 3 is 2.50 bits per heavy atom. The molecule has 42 heavy (non-hydrogen) atoms. The van der Waals surface area contributed by atoms with Crippen molar-refractivity contribution in [1.82, 2.24) is 19.8 Å². The molecule has 0 bridgehead atoms. The third-order valence-electron chi connectivity index (χ3n) is 7.50. The number of hydrogen-bond acceptors (Lipinski definition) is 6. The minimum Gasteiger partial charge on any atom is -0.495 e. The molecule has 3 heterocycles. The number of thiocarbonyl (C=S) groups is 1. The predicted octanol–water partition coefficient (Wildman–Crippen LogP) is 5.29. The highest BCUT2D eigenvalue weighted by atomic mass is 32.1. The van der Waals surface area contributed by atoms with Crippen molar-refractivity contribution < 1.29 is 19.1 Å². The van der Waals surface area contributed by atoms with Crippen molar-refractivity contribution in [3.05, 3.63) is 107 Å². The van der Waals surface area contributed by atoms with Gasteiger partial charge in [-0.05, 0) is 74.1 Å². The zero-order chi connectivity index (χ0) is 29.8. The lowest BCUT2D eigenvalue weighted by molar-refractivity contribution is -0.116. The predicted molar refractivity (Wildman–Crippen MR) is 165 cm³/mol. The molecule has 2 aromatic heterocycles. The van der Waals surface area contributed by atoms with Crippen LogP contribution in [-0.2, 0) is 9.53 Å². The van der Waals surface area contributed by atoms with Gasteiger partial charge in [0.15, 0.2) is 5.11 Å². The molecule has 216 valence electrons. The Balaban J connectivity index is 1.50. The molecule has 9 nitrogen and oxygen atoms in total. The number of amides is 1. The number of nitrogens with one attached hydrogen (secondary N) is 2. The van der Waals surface area contributed by atoms with E-state index in [-0.39, 0.29) is 24.4 Å². The number of carbonyl (C=O) groups is 2. The summed E-state index contributed by atoms with van der Waals surface area (Å²) in [5, 5.41) is 6.95. The smallest absolute Gasteiger partial charge is 0.339 e. The lowest BCUT2D eigenvalue weighted by Gasteiger charge is -2.28. The van der Waals surface area contributed by atoms with Gasteiger partial charge in [-0.1, -0.05) is 30.3 Å². The second-order valence-electron chi connectivity index (χ2n) is 9.99. The van der Waals surface area contributed by atoms with Crippen LogP contribution in [0.3, 0.4) is 0 Å². The minimum atomic E-state index is -0.405. The molecule has 1 fully saturated rings. The van der Waals surface area contributed by atoms with Crippen LogP contribution in [0.4, 0.5) is 5.69 Å². The largest absolute Gasteiger partial charge is 0.495 e. The van der Waals surface area contributed by atoms with Crippen molar-refractivity contribution in [2.24, 2.45) is 0 Å². The summed E-state index contributed by atoms with van der Waals surface area (Å²) in [4.78, 5) is 32.4. The normalized spacial score (nSPS) is 16.2. The van der Waals surface area contributed by atoms with E-state index in [1.165, 1.54) is 7.11 Å². The number of pyridine rings is 1. The number of rotatable bonds is 9. The highest BCUT2D eigenvalue weighted by Gasteiger charge is 2.41. The Kier molecular flexibility index (Phi) is 8.53. The van der Waals surface area contributed by atoms with Gasteiger partial charge < -0.3 is 29.6 Å². The number of para-hydroxylation sites is 3. The summed E-state index contributed by atoms with van der Waals surface area (Å²) < 4.78 is 12.5. The summed E-state index contributed by atoms with van der Waals surface area (Å²) in [6.45, 7) is 4.41. The molecule has 1 amide bonds. The molecule has 4 aromatic rings. The van der Waals surface area contributed by atoms with E-state index in [1.54, 1.807) is 31.5 Å². The van der Waals surface area contributed by atoms with Crippen LogP contribution in [0.1, 0.15) is 51.5 Å². The molecule has 2 aromatic carbocycles. The van der Waals surface area contributed by atoms with E-state index in [9.17, 15) is 9.59 Å². The average Bonchev–Trinajstić information content (AvgIpc) is 3.50. The highest BCUT2D eigenvalue weighted by molar-refractivity contribution is 7.80. The number of esters is 1. The van der Waals surface area contributed by atoms with Gasteiger partial charge >= 0.3 is 5.97 Å².